The van der Waals surface area contributed by atoms with E-state index in [0.29, 0.717) is 12.8 Å². The van der Waals surface area contributed by atoms with Crippen molar-refractivity contribution in [1.29, 1.82) is 0 Å². The van der Waals surface area contributed by atoms with E-state index in [0.717, 1.165) is 51.4 Å². The lowest BCUT2D eigenvalue weighted by Crippen LogP contribution is -2.28. The summed E-state index contributed by atoms with van der Waals surface area (Å²) in [4.78, 5) is 24.6. The Labute approximate surface area is 475 Å². The highest BCUT2D eigenvalue weighted by atomic mass is 16.6. The number of unbranched alkanes of at least 4 members (excludes halogenated alkanes) is 48. The molecule has 0 saturated carbocycles. The quantitative estimate of drug-likeness (QED) is 0.0373. The fraction of sp³-hybridized carbons (Fsp3) is 0.859. The lowest BCUT2D eigenvalue weighted by Gasteiger charge is -2.15. The Hall–Kier alpha value is -2.14. The van der Waals surface area contributed by atoms with Gasteiger partial charge in [0.25, 0.3) is 0 Å². The predicted molar refractivity (Wildman–Crippen MR) is 334 cm³/mol. The first kappa shape index (κ1) is 73.9. The highest BCUT2D eigenvalue weighted by Gasteiger charge is 2.16. The van der Waals surface area contributed by atoms with Crippen LogP contribution in [-0.4, -0.2) is 36.4 Å². The van der Waals surface area contributed by atoms with E-state index in [2.05, 4.69) is 62.5 Å². The summed E-state index contributed by atoms with van der Waals surface area (Å²) in [5.41, 5.74) is 0. The number of esters is 2. The highest BCUT2D eigenvalue weighted by Crippen LogP contribution is 2.18. The Balaban J connectivity index is 3.40. The molecule has 0 aromatic heterocycles. The molecule has 1 unspecified atom stereocenters. The number of carbonyl (C=O) groups excluding carboxylic acids is 2. The summed E-state index contributed by atoms with van der Waals surface area (Å²) < 4.78 is 10.8. The fourth-order valence-corrected chi connectivity index (χ4v) is 10.4. The van der Waals surface area contributed by atoms with E-state index in [1.54, 1.807) is 0 Å². The molecule has 0 radical (unpaired) electrons. The minimum atomic E-state index is -0.771. The van der Waals surface area contributed by atoms with Crippen LogP contribution in [0.25, 0.3) is 0 Å². The third-order valence-corrected chi connectivity index (χ3v) is 15.6. The normalized spacial score (nSPS) is 12.4. The van der Waals surface area contributed by atoms with Gasteiger partial charge in [-0.15, -0.1) is 0 Å². The van der Waals surface area contributed by atoms with Crippen molar-refractivity contribution in [2.45, 2.75) is 380 Å². The maximum absolute atomic E-state index is 12.4. The molecule has 0 aliphatic heterocycles. The van der Waals surface area contributed by atoms with Crippen LogP contribution in [0.4, 0.5) is 0 Å². The largest absolute Gasteiger partial charge is 0.462 e. The summed E-state index contributed by atoms with van der Waals surface area (Å²) in [5.74, 6) is -0.569. The van der Waals surface area contributed by atoms with Crippen molar-refractivity contribution in [1.82, 2.24) is 0 Å². The summed E-state index contributed by atoms with van der Waals surface area (Å²) in [6.45, 7) is 4.17. The van der Waals surface area contributed by atoms with Crippen molar-refractivity contribution in [3.8, 4) is 0 Å². The monoisotopic (exact) mass is 1070 g/mol. The first-order valence-corrected chi connectivity index (χ1v) is 34.2. The zero-order valence-electron chi connectivity index (χ0n) is 51.3. The van der Waals surface area contributed by atoms with E-state index in [9.17, 15) is 14.7 Å². The molecular formula is C71H132O5. The van der Waals surface area contributed by atoms with E-state index in [4.69, 9.17) is 9.47 Å². The van der Waals surface area contributed by atoms with Gasteiger partial charge in [-0.2, -0.15) is 0 Å². The van der Waals surface area contributed by atoms with Gasteiger partial charge in [0.2, 0.25) is 0 Å². The molecule has 1 atom stereocenters. The second-order valence-corrected chi connectivity index (χ2v) is 23.3. The van der Waals surface area contributed by atoms with Crippen molar-refractivity contribution in [2.24, 2.45) is 0 Å². The van der Waals surface area contributed by atoms with Gasteiger partial charge in [0.15, 0.2) is 6.10 Å². The minimum absolute atomic E-state index is 0.0607. The summed E-state index contributed by atoms with van der Waals surface area (Å²) in [5, 5.41) is 9.70. The fourth-order valence-electron chi connectivity index (χ4n) is 10.4. The molecule has 0 bridgehead atoms. The van der Waals surface area contributed by atoms with Crippen LogP contribution in [0.3, 0.4) is 0 Å². The minimum Gasteiger partial charge on any atom is -0.462 e. The Morgan fingerprint density at radius 2 is 0.526 bits per heavy atom. The molecule has 0 saturated heterocycles. The third-order valence-electron chi connectivity index (χ3n) is 15.6. The molecular weight excluding hydrogens is 933 g/mol. The average molecular weight is 1070 g/mol. The lowest BCUT2D eigenvalue weighted by molar-refractivity contribution is -0.161. The van der Waals surface area contributed by atoms with Gasteiger partial charge in [-0.05, 0) is 77.0 Å². The van der Waals surface area contributed by atoms with Gasteiger partial charge < -0.3 is 14.6 Å². The summed E-state index contributed by atoms with van der Waals surface area (Å²) in [6, 6.07) is 0. The summed E-state index contributed by atoms with van der Waals surface area (Å²) in [6.07, 6.45) is 90.0. The maximum atomic E-state index is 12.4. The predicted octanol–water partition coefficient (Wildman–Crippen LogP) is 23.5. The zero-order valence-corrected chi connectivity index (χ0v) is 51.3. The number of allylic oxidation sites excluding steroid dienone is 8. The smallest absolute Gasteiger partial charge is 0.306 e. The van der Waals surface area contributed by atoms with E-state index in [-0.39, 0.29) is 25.2 Å². The number of rotatable bonds is 64. The first-order chi connectivity index (χ1) is 37.6. The number of hydrogen-bond donors (Lipinski definition) is 1. The standard InChI is InChI=1S/C71H132O5/c1-3-5-7-9-11-13-15-17-19-21-23-25-27-29-31-33-34-35-36-38-40-42-44-46-48-50-52-54-56-58-60-62-64-66-71(74)76-69(67-72)68-75-70(73)65-63-61-59-57-55-53-51-49-47-45-43-41-39-37-32-30-28-26-24-22-20-18-16-14-12-10-8-6-4-2/h15-18,21-24,69,72H,3-14,19-20,25-68H2,1-2H3/b17-15-,18-16-,23-21-,24-22-. The maximum Gasteiger partial charge on any atom is 0.306 e. The van der Waals surface area contributed by atoms with Crippen LogP contribution >= 0.6 is 0 Å². The number of carbonyl (C=O) groups is 2. The zero-order chi connectivity index (χ0) is 54.8. The van der Waals surface area contributed by atoms with Gasteiger partial charge in [0.1, 0.15) is 6.61 Å². The molecule has 5 nitrogen and oxygen atoms in total. The first-order valence-electron chi connectivity index (χ1n) is 34.2. The topological polar surface area (TPSA) is 72.8 Å². The molecule has 0 fully saturated rings. The Bertz CT molecular complexity index is 1250. The number of ether oxygens (including phenoxy) is 2. The third kappa shape index (κ3) is 64.4. The van der Waals surface area contributed by atoms with Gasteiger partial charge in [-0.1, -0.05) is 332 Å². The van der Waals surface area contributed by atoms with Crippen LogP contribution in [0.2, 0.25) is 0 Å². The number of hydrogen-bond acceptors (Lipinski definition) is 5. The van der Waals surface area contributed by atoms with Crippen molar-refractivity contribution in [2.75, 3.05) is 13.2 Å². The molecule has 0 aliphatic carbocycles. The van der Waals surface area contributed by atoms with Crippen LogP contribution in [-0.2, 0) is 19.1 Å². The Morgan fingerprint density at radius 3 is 0.776 bits per heavy atom. The van der Waals surface area contributed by atoms with Crippen LogP contribution in [0, 0.1) is 0 Å². The van der Waals surface area contributed by atoms with Crippen molar-refractivity contribution >= 4 is 11.9 Å². The van der Waals surface area contributed by atoms with Crippen LogP contribution in [0.5, 0.6) is 0 Å². The van der Waals surface area contributed by atoms with E-state index >= 15 is 0 Å². The summed E-state index contributed by atoms with van der Waals surface area (Å²) >= 11 is 0. The van der Waals surface area contributed by atoms with Crippen molar-refractivity contribution in [3.05, 3.63) is 48.6 Å². The second-order valence-electron chi connectivity index (χ2n) is 23.3. The molecule has 0 spiro atoms. The van der Waals surface area contributed by atoms with Crippen molar-refractivity contribution in [3.63, 3.8) is 0 Å². The van der Waals surface area contributed by atoms with E-state index < -0.39 is 6.10 Å². The molecule has 0 aliphatic rings. The van der Waals surface area contributed by atoms with Crippen LogP contribution in [0.15, 0.2) is 48.6 Å². The van der Waals surface area contributed by atoms with Crippen molar-refractivity contribution < 1.29 is 24.2 Å². The molecule has 1 N–H and O–H groups in total. The molecule has 0 heterocycles. The van der Waals surface area contributed by atoms with E-state index in [1.807, 2.05) is 0 Å². The SMILES string of the molecule is CCCCCCC/C=C\C/C=C\CCCCCCCCCCCCCCCCCCCCCCCC(=O)OC(CO)COC(=O)CCCCCCCCCCCCCCCCCCC/C=C\C/C=C\CCCCCCC. The lowest BCUT2D eigenvalue weighted by atomic mass is 10.0. The van der Waals surface area contributed by atoms with Crippen LogP contribution in [0.1, 0.15) is 373 Å². The molecule has 446 valence electrons. The Kier molecular flexibility index (Phi) is 65.2. The molecule has 5 heteroatoms. The van der Waals surface area contributed by atoms with Crippen LogP contribution < -0.4 is 0 Å². The summed E-state index contributed by atoms with van der Waals surface area (Å²) in [7, 11) is 0. The van der Waals surface area contributed by atoms with Gasteiger partial charge in [0, 0.05) is 12.8 Å². The molecule has 0 rings (SSSR count). The second kappa shape index (κ2) is 67.1. The number of aliphatic hydroxyl groups excluding tert-OH is 1. The van der Waals surface area contributed by atoms with Gasteiger partial charge in [-0.3, -0.25) is 9.59 Å². The average Bonchev–Trinajstić information content (AvgIpc) is 3.42. The van der Waals surface area contributed by atoms with Gasteiger partial charge in [-0.25, -0.2) is 0 Å². The molecule has 0 amide bonds. The Morgan fingerprint density at radius 1 is 0.303 bits per heavy atom. The van der Waals surface area contributed by atoms with Gasteiger partial charge >= 0.3 is 11.9 Å². The molecule has 0 aromatic carbocycles. The van der Waals surface area contributed by atoms with E-state index in [1.165, 1.54) is 295 Å². The highest BCUT2D eigenvalue weighted by molar-refractivity contribution is 5.70. The van der Waals surface area contributed by atoms with Gasteiger partial charge in [0.05, 0.1) is 6.61 Å². The number of aliphatic hydroxyl groups is 1. The molecule has 0 aromatic rings. The molecule has 76 heavy (non-hydrogen) atoms.